The summed E-state index contributed by atoms with van der Waals surface area (Å²) >= 11 is 0. The van der Waals surface area contributed by atoms with Crippen LogP contribution < -0.4 is 10.6 Å². The quantitative estimate of drug-likeness (QED) is 0.775. The Kier molecular flexibility index (Phi) is 2.84. The lowest BCUT2D eigenvalue weighted by molar-refractivity contribution is 0.273. The lowest BCUT2D eigenvalue weighted by Crippen LogP contribution is -2.37. The standard InChI is InChI=1S/C12H19N5/c13-11-4-5-12(15-14-11)17-8-2-7-16-6-1-3-10(16)9-17/h4-5,10H,1-3,6-9H2,(H2,13,14). The van der Waals surface area contributed by atoms with E-state index in [0.717, 1.165) is 18.9 Å². The van der Waals surface area contributed by atoms with Gasteiger partial charge >= 0.3 is 0 Å². The maximum atomic E-state index is 5.57. The second-order valence-corrected chi connectivity index (χ2v) is 4.95. The number of nitrogen functional groups attached to an aromatic ring is 1. The van der Waals surface area contributed by atoms with Crippen LogP contribution in [-0.4, -0.2) is 47.3 Å². The first-order valence-electron chi connectivity index (χ1n) is 6.41. The van der Waals surface area contributed by atoms with Crippen LogP contribution in [0.5, 0.6) is 0 Å². The zero-order valence-electron chi connectivity index (χ0n) is 10.0. The minimum absolute atomic E-state index is 0.492. The van der Waals surface area contributed by atoms with Crippen molar-refractivity contribution in [2.45, 2.75) is 25.3 Å². The van der Waals surface area contributed by atoms with Gasteiger partial charge in [-0.15, -0.1) is 10.2 Å². The van der Waals surface area contributed by atoms with E-state index in [1.54, 1.807) is 0 Å². The second-order valence-electron chi connectivity index (χ2n) is 4.95. The van der Waals surface area contributed by atoms with Gasteiger partial charge in [0, 0.05) is 25.7 Å². The molecule has 0 aromatic carbocycles. The molecule has 1 unspecified atom stereocenters. The number of anilines is 2. The van der Waals surface area contributed by atoms with Gasteiger partial charge in [-0.3, -0.25) is 4.90 Å². The fraction of sp³-hybridized carbons (Fsp3) is 0.667. The molecule has 0 radical (unpaired) electrons. The molecule has 2 aliphatic heterocycles. The van der Waals surface area contributed by atoms with E-state index in [1.807, 2.05) is 12.1 Å². The first-order chi connectivity index (χ1) is 8.33. The Morgan fingerprint density at radius 2 is 2.00 bits per heavy atom. The topological polar surface area (TPSA) is 58.3 Å². The number of fused-ring (bicyclic) bond motifs is 1. The number of hydrogen-bond donors (Lipinski definition) is 1. The summed E-state index contributed by atoms with van der Waals surface area (Å²) in [5, 5.41) is 8.13. The van der Waals surface area contributed by atoms with Crippen LogP contribution in [0.25, 0.3) is 0 Å². The Morgan fingerprint density at radius 3 is 2.82 bits per heavy atom. The molecule has 2 fully saturated rings. The molecule has 2 N–H and O–H groups in total. The van der Waals surface area contributed by atoms with E-state index in [2.05, 4.69) is 20.0 Å². The van der Waals surface area contributed by atoms with Crippen LogP contribution in [0.2, 0.25) is 0 Å². The molecule has 0 bridgehead atoms. The zero-order chi connectivity index (χ0) is 11.7. The molecule has 0 spiro atoms. The van der Waals surface area contributed by atoms with E-state index in [9.17, 15) is 0 Å². The van der Waals surface area contributed by atoms with Crippen molar-refractivity contribution in [2.75, 3.05) is 36.8 Å². The van der Waals surface area contributed by atoms with E-state index in [0.29, 0.717) is 11.9 Å². The first kappa shape index (κ1) is 10.8. The average molecular weight is 233 g/mol. The number of aromatic nitrogens is 2. The Morgan fingerprint density at radius 1 is 1.12 bits per heavy atom. The molecule has 3 heterocycles. The summed E-state index contributed by atoms with van der Waals surface area (Å²) in [4.78, 5) is 4.97. The van der Waals surface area contributed by atoms with Gasteiger partial charge in [-0.25, -0.2) is 0 Å². The molecule has 1 aromatic heterocycles. The minimum Gasteiger partial charge on any atom is -0.382 e. The van der Waals surface area contributed by atoms with Gasteiger partial charge in [0.25, 0.3) is 0 Å². The second kappa shape index (κ2) is 4.49. The van der Waals surface area contributed by atoms with Gasteiger partial charge in [0.1, 0.15) is 5.82 Å². The molecule has 2 aliphatic rings. The third-order valence-electron chi connectivity index (χ3n) is 3.80. The summed E-state index contributed by atoms with van der Waals surface area (Å²) in [5.41, 5.74) is 5.57. The minimum atomic E-state index is 0.492. The maximum Gasteiger partial charge on any atom is 0.151 e. The molecular weight excluding hydrogens is 214 g/mol. The Labute approximate surface area is 102 Å². The van der Waals surface area contributed by atoms with E-state index in [-0.39, 0.29) is 0 Å². The predicted octanol–water partition coefficient (Wildman–Crippen LogP) is 0.733. The normalized spacial score (nSPS) is 25.6. The highest BCUT2D eigenvalue weighted by Gasteiger charge is 2.29. The fourth-order valence-corrected chi connectivity index (χ4v) is 2.92. The Hall–Kier alpha value is -1.36. The number of hydrogen-bond acceptors (Lipinski definition) is 5. The van der Waals surface area contributed by atoms with Crippen molar-refractivity contribution < 1.29 is 0 Å². The van der Waals surface area contributed by atoms with Gasteiger partial charge in [-0.05, 0) is 37.9 Å². The summed E-state index contributed by atoms with van der Waals surface area (Å²) < 4.78 is 0. The molecule has 17 heavy (non-hydrogen) atoms. The summed E-state index contributed by atoms with van der Waals surface area (Å²) in [6.45, 7) is 4.65. The molecule has 92 valence electrons. The predicted molar refractivity (Wildman–Crippen MR) is 67.9 cm³/mol. The molecule has 3 rings (SSSR count). The van der Waals surface area contributed by atoms with Crippen molar-refractivity contribution in [3.05, 3.63) is 12.1 Å². The lowest BCUT2D eigenvalue weighted by Gasteiger charge is -2.26. The molecule has 1 atom stereocenters. The highest BCUT2D eigenvalue weighted by atomic mass is 15.3. The number of nitrogens with two attached hydrogens (primary N) is 1. The molecule has 5 heteroatoms. The summed E-state index contributed by atoms with van der Waals surface area (Å²) in [6, 6.07) is 4.52. The van der Waals surface area contributed by atoms with E-state index in [1.165, 1.54) is 32.4 Å². The van der Waals surface area contributed by atoms with Gasteiger partial charge in [-0.2, -0.15) is 0 Å². The third-order valence-corrected chi connectivity index (χ3v) is 3.80. The third kappa shape index (κ3) is 2.20. The largest absolute Gasteiger partial charge is 0.382 e. The van der Waals surface area contributed by atoms with E-state index in [4.69, 9.17) is 5.73 Å². The van der Waals surface area contributed by atoms with Gasteiger partial charge < -0.3 is 10.6 Å². The maximum absolute atomic E-state index is 5.57. The zero-order valence-corrected chi connectivity index (χ0v) is 10.0. The van der Waals surface area contributed by atoms with Crippen LogP contribution in [0, 0.1) is 0 Å². The molecular formula is C12H19N5. The highest BCUT2D eigenvalue weighted by Crippen LogP contribution is 2.23. The van der Waals surface area contributed by atoms with Crippen molar-refractivity contribution in [3.8, 4) is 0 Å². The number of rotatable bonds is 1. The van der Waals surface area contributed by atoms with Crippen LogP contribution in [0.15, 0.2) is 12.1 Å². The van der Waals surface area contributed by atoms with Crippen LogP contribution in [0.1, 0.15) is 19.3 Å². The monoisotopic (exact) mass is 233 g/mol. The van der Waals surface area contributed by atoms with Gasteiger partial charge in [0.15, 0.2) is 5.82 Å². The molecule has 2 saturated heterocycles. The van der Waals surface area contributed by atoms with Crippen LogP contribution in [-0.2, 0) is 0 Å². The molecule has 0 aliphatic carbocycles. The smallest absolute Gasteiger partial charge is 0.151 e. The molecule has 1 aromatic rings. The van der Waals surface area contributed by atoms with Gasteiger partial charge in [0.05, 0.1) is 0 Å². The lowest BCUT2D eigenvalue weighted by atomic mass is 10.2. The van der Waals surface area contributed by atoms with Crippen molar-refractivity contribution >= 4 is 11.6 Å². The molecule has 0 saturated carbocycles. The summed E-state index contributed by atoms with van der Waals surface area (Å²) in [6.07, 6.45) is 3.87. The van der Waals surface area contributed by atoms with Gasteiger partial charge in [0.2, 0.25) is 0 Å². The Bertz CT molecular complexity index is 377. The van der Waals surface area contributed by atoms with Crippen molar-refractivity contribution in [3.63, 3.8) is 0 Å². The first-order valence-corrected chi connectivity index (χ1v) is 6.41. The van der Waals surface area contributed by atoms with Crippen LogP contribution in [0.4, 0.5) is 11.6 Å². The fourth-order valence-electron chi connectivity index (χ4n) is 2.92. The highest BCUT2D eigenvalue weighted by molar-refractivity contribution is 5.41. The van der Waals surface area contributed by atoms with Gasteiger partial charge in [-0.1, -0.05) is 0 Å². The van der Waals surface area contributed by atoms with Crippen molar-refractivity contribution in [2.24, 2.45) is 0 Å². The Balaban J connectivity index is 1.76. The summed E-state index contributed by atoms with van der Waals surface area (Å²) in [7, 11) is 0. The van der Waals surface area contributed by atoms with E-state index < -0.39 is 0 Å². The SMILES string of the molecule is Nc1ccc(N2CCCN3CCCC3C2)nn1. The molecule has 5 nitrogen and oxygen atoms in total. The number of nitrogens with zero attached hydrogens (tertiary/aromatic N) is 4. The summed E-state index contributed by atoms with van der Waals surface area (Å²) in [5.74, 6) is 1.46. The average Bonchev–Trinajstić information content (AvgIpc) is 2.68. The van der Waals surface area contributed by atoms with Crippen LogP contribution >= 0.6 is 0 Å². The van der Waals surface area contributed by atoms with Crippen LogP contribution in [0.3, 0.4) is 0 Å². The van der Waals surface area contributed by atoms with E-state index >= 15 is 0 Å². The van der Waals surface area contributed by atoms with Crippen molar-refractivity contribution in [1.29, 1.82) is 0 Å². The van der Waals surface area contributed by atoms with Crippen molar-refractivity contribution in [1.82, 2.24) is 15.1 Å². The molecule has 0 amide bonds.